The molecule has 0 aliphatic carbocycles. The number of rotatable bonds is 4. The van der Waals surface area contributed by atoms with Gasteiger partial charge in [0, 0.05) is 37.3 Å². The fourth-order valence-electron chi connectivity index (χ4n) is 3.95. The third-order valence-electron chi connectivity index (χ3n) is 5.74. The Labute approximate surface area is 125 Å². The number of piperazine rings is 1. The average molecular weight is 282 g/mol. The van der Waals surface area contributed by atoms with E-state index in [0.29, 0.717) is 12.1 Å². The Kier molecular flexibility index (Phi) is 5.46. The lowest BCUT2D eigenvalue weighted by Crippen LogP contribution is -2.66. The second-order valence-corrected chi connectivity index (χ2v) is 7.04. The fraction of sp³-hybridized carbons (Fsp3) is 1.00. The Bertz CT molecular complexity index is 287. The molecule has 2 saturated heterocycles. The van der Waals surface area contributed by atoms with E-state index in [2.05, 4.69) is 42.5 Å². The van der Waals surface area contributed by atoms with E-state index in [4.69, 9.17) is 5.73 Å². The van der Waals surface area contributed by atoms with Crippen LogP contribution in [-0.2, 0) is 0 Å². The molecular formula is C16H34N4. The molecule has 2 aliphatic heterocycles. The summed E-state index contributed by atoms with van der Waals surface area (Å²) in [6, 6.07) is 1.27. The molecule has 2 rings (SSSR count). The summed E-state index contributed by atoms with van der Waals surface area (Å²) in [6.07, 6.45) is 3.75. The highest BCUT2D eigenvalue weighted by molar-refractivity contribution is 5.00. The largest absolute Gasteiger partial charge is 0.329 e. The van der Waals surface area contributed by atoms with Gasteiger partial charge in [0.05, 0.1) is 0 Å². The number of likely N-dealkylation sites (N-methyl/N-ethyl adjacent to an activating group) is 1. The first kappa shape index (κ1) is 16.2. The van der Waals surface area contributed by atoms with Gasteiger partial charge in [-0.15, -0.1) is 0 Å². The molecule has 2 aliphatic rings. The maximum atomic E-state index is 6.24. The van der Waals surface area contributed by atoms with E-state index in [1.165, 1.54) is 52.0 Å². The molecule has 2 fully saturated rings. The number of likely N-dealkylation sites (tertiary alicyclic amines) is 1. The van der Waals surface area contributed by atoms with Crippen molar-refractivity contribution in [3.8, 4) is 0 Å². The molecule has 0 spiro atoms. The number of piperidine rings is 1. The zero-order chi connectivity index (χ0) is 14.8. The molecule has 0 aromatic heterocycles. The minimum atomic E-state index is 0.258. The van der Waals surface area contributed by atoms with E-state index >= 15 is 0 Å². The van der Waals surface area contributed by atoms with Gasteiger partial charge in [0.15, 0.2) is 0 Å². The molecule has 4 heteroatoms. The summed E-state index contributed by atoms with van der Waals surface area (Å²) >= 11 is 0. The summed E-state index contributed by atoms with van der Waals surface area (Å²) in [5.41, 5.74) is 6.50. The summed E-state index contributed by atoms with van der Waals surface area (Å²) < 4.78 is 0. The zero-order valence-corrected chi connectivity index (χ0v) is 13.9. The first-order chi connectivity index (χ1) is 9.52. The van der Waals surface area contributed by atoms with E-state index < -0.39 is 0 Å². The predicted molar refractivity (Wildman–Crippen MR) is 86.0 cm³/mol. The van der Waals surface area contributed by atoms with Gasteiger partial charge in [-0.25, -0.2) is 0 Å². The summed E-state index contributed by atoms with van der Waals surface area (Å²) in [5, 5.41) is 0. The number of hydrogen-bond donors (Lipinski definition) is 1. The smallest absolute Gasteiger partial charge is 0.0357 e. The maximum Gasteiger partial charge on any atom is 0.0357 e. The Morgan fingerprint density at radius 2 is 1.65 bits per heavy atom. The first-order valence-electron chi connectivity index (χ1n) is 8.42. The summed E-state index contributed by atoms with van der Waals surface area (Å²) in [7, 11) is 2.26. The molecule has 2 N–H and O–H groups in total. The lowest BCUT2D eigenvalue weighted by molar-refractivity contribution is -0.0377. The van der Waals surface area contributed by atoms with E-state index in [-0.39, 0.29) is 5.54 Å². The van der Waals surface area contributed by atoms with Crippen LogP contribution in [-0.4, -0.2) is 78.6 Å². The van der Waals surface area contributed by atoms with Crippen molar-refractivity contribution in [1.82, 2.24) is 14.7 Å². The van der Waals surface area contributed by atoms with Crippen LogP contribution in [0.25, 0.3) is 0 Å². The molecule has 2 unspecified atom stereocenters. The van der Waals surface area contributed by atoms with Crippen LogP contribution in [0.5, 0.6) is 0 Å². The van der Waals surface area contributed by atoms with Crippen molar-refractivity contribution in [1.29, 1.82) is 0 Å². The van der Waals surface area contributed by atoms with Crippen LogP contribution in [0.4, 0.5) is 0 Å². The van der Waals surface area contributed by atoms with Gasteiger partial charge in [-0.3, -0.25) is 9.80 Å². The van der Waals surface area contributed by atoms with Crippen LogP contribution >= 0.6 is 0 Å². The van der Waals surface area contributed by atoms with Gasteiger partial charge in [0.25, 0.3) is 0 Å². The van der Waals surface area contributed by atoms with Gasteiger partial charge in [0.2, 0.25) is 0 Å². The molecule has 0 aromatic rings. The number of hydrogen-bond acceptors (Lipinski definition) is 4. The molecule has 20 heavy (non-hydrogen) atoms. The van der Waals surface area contributed by atoms with Crippen LogP contribution < -0.4 is 5.73 Å². The topological polar surface area (TPSA) is 35.7 Å². The molecule has 0 radical (unpaired) electrons. The zero-order valence-electron chi connectivity index (χ0n) is 13.9. The van der Waals surface area contributed by atoms with Gasteiger partial charge in [-0.1, -0.05) is 6.92 Å². The van der Waals surface area contributed by atoms with Gasteiger partial charge in [0.1, 0.15) is 0 Å². The minimum absolute atomic E-state index is 0.258. The minimum Gasteiger partial charge on any atom is -0.329 e. The average Bonchev–Trinajstić information content (AvgIpc) is 2.45. The molecular weight excluding hydrogens is 248 g/mol. The van der Waals surface area contributed by atoms with Gasteiger partial charge in [-0.05, 0) is 59.8 Å². The van der Waals surface area contributed by atoms with Gasteiger partial charge >= 0.3 is 0 Å². The van der Waals surface area contributed by atoms with E-state index in [1.807, 2.05) is 0 Å². The van der Waals surface area contributed by atoms with E-state index in [1.54, 1.807) is 0 Å². The molecule has 0 bridgehead atoms. The summed E-state index contributed by atoms with van der Waals surface area (Å²) in [5.74, 6) is 0. The van der Waals surface area contributed by atoms with Crippen LogP contribution in [0.2, 0.25) is 0 Å². The van der Waals surface area contributed by atoms with Crippen molar-refractivity contribution in [2.24, 2.45) is 5.73 Å². The van der Waals surface area contributed by atoms with Crippen molar-refractivity contribution in [2.45, 2.75) is 57.7 Å². The molecule has 2 atom stereocenters. The van der Waals surface area contributed by atoms with Crippen LogP contribution in [0.1, 0.15) is 40.0 Å². The summed E-state index contributed by atoms with van der Waals surface area (Å²) in [4.78, 5) is 7.83. The van der Waals surface area contributed by atoms with Crippen molar-refractivity contribution in [3.05, 3.63) is 0 Å². The number of nitrogens with zero attached hydrogens (tertiary/aromatic N) is 3. The number of nitrogens with two attached hydrogens (primary N) is 1. The molecule has 0 aromatic carbocycles. The van der Waals surface area contributed by atoms with E-state index in [9.17, 15) is 0 Å². The highest BCUT2D eigenvalue weighted by Crippen LogP contribution is 2.31. The van der Waals surface area contributed by atoms with Crippen LogP contribution in [0.15, 0.2) is 0 Å². The van der Waals surface area contributed by atoms with Gasteiger partial charge in [-0.2, -0.15) is 0 Å². The molecule has 4 nitrogen and oxygen atoms in total. The SMILES string of the molecule is CCCN1CCC(CN)(N2CC(C)N(C)C(C)C2)CC1. The van der Waals surface area contributed by atoms with Crippen molar-refractivity contribution < 1.29 is 0 Å². The Hall–Kier alpha value is -0.160. The second kappa shape index (κ2) is 6.73. The van der Waals surface area contributed by atoms with Crippen molar-refractivity contribution in [2.75, 3.05) is 46.3 Å². The normalized spacial score (nSPS) is 33.5. The maximum absolute atomic E-state index is 6.24. The highest BCUT2D eigenvalue weighted by atomic mass is 15.3. The molecule has 2 heterocycles. The van der Waals surface area contributed by atoms with Crippen molar-refractivity contribution in [3.63, 3.8) is 0 Å². The highest BCUT2D eigenvalue weighted by Gasteiger charge is 2.42. The Morgan fingerprint density at radius 1 is 1.10 bits per heavy atom. The van der Waals surface area contributed by atoms with E-state index in [0.717, 1.165) is 6.54 Å². The van der Waals surface area contributed by atoms with Gasteiger partial charge < -0.3 is 10.6 Å². The standard InChI is InChI=1S/C16H34N4/c1-5-8-19-9-6-16(13-17,7-10-19)20-11-14(2)18(4)15(3)12-20/h14-15H,5-13,17H2,1-4H3. The molecule has 0 amide bonds. The monoisotopic (exact) mass is 282 g/mol. The quantitative estimate of drug-likeness (QED) is 0.841. The molecule has 0 saturated carbocycles. The predicted octanol–water partition coefficient (Wildman–Crippen LogP) is 1.21. The third kappa shape index (κ3) is 3.19. The van der Waals surface area contributed by atoms with Crippen LogP contribution in [0.3, 0.4) is 0 Å². The first-order valence-corrected chi connectivity index (χ1v) is 8.42. The Balaban J connectivity index is 2.01. The second-order valence-electron chi connectivity index (χ2n) is 7.04. The third-order valence-corrected chi connectivity index (χ3v) is 5.74. The van der Waals surface area contributed by atoms with Crippen LogP contribution in [0, 0.1) is 0 Å². The summed E-state index contributed by atoms with van der Waals surface area (Å²) in [6.45, 7) is 13.8. The Morgan fingerprint density at radius 3 is 2.10 bits per heavy atom. The lowest BCUT2D eigenvalue weighted by Gasteiger charge is -2.54. The molecule has 118 valence electrons. The van der Waals surface area contributed by atoms with Crippen molar-refractivity contribution >= 4 is 0 Å². The fourth-order valence-corrected chi connectivity index (χ4v) is 3.95. The lowest BCUT2D eigenvalue weighted by atomic mass is 9.84.